The van der Waals surface area contributed by atoms with Crippen LogP contribution in [-0.4, -0.2) is 25.3 Å². The van der Waals surface area contributed by atoms with E-state index in [4.69, 9.17) is 0 Å². The fraction of sp³-hybridized carbons (Fsp3) is 0.429. The van der Waals surface area contributed by atoms with Gasteiger partial charge >= 0.3 is 6.36 Å². The van der Waals surface area contributed by atoms with Crippen LogP contribution in [0.15, 0.2) is 24.3 Å². The number of benzene rings is 1. The number of alkyl halides is 3. The molecule has 0 amide bonds. The lowest BCUT2D eigenvalue weighted by atomic mass is 10.2. The molecule has 0 aliphatic carbocycles. The summed E-state index contributed by atoms with van der Waals surface area (Å²) >= 11 is 0. The Hall–Kier alpha value is -1.90. The Kier molecular flexibility index (Phi) is 5.08. The average Bonchev–Trinajstić information content (AvgIpc) is 2.77. The van der Waals surface area contributed by atoms with Gasteiger partial charge in [0.25, 0.3) is 0 Å². The van der Waals surface area contributed by atoms with Gasteiger partial charge in [0.05, 0.1) is 11.0 Å². The van der Waals surface area contributed by atoms with Crippen LogP contribution in [0.5, 0.6) is 5.75 Å². The van der Waals surface area contributed by atoms with E-state index in [1.807, 2.05) is 0 Å². The summed E-state index contributed by atoms with van der Waals surface area (Å²) in [4.78, 5) is 0. The molecule has 0 saturated heterocycles. The topological polar surface area (TPSA) is 57.0 Å². The van der Waals surface area contributed by atoms with Gasteiger partial charge in [0.15, 0.2) is 0 Å². The van der Waals surface area contributed by atoms with Gasteiger partial charge in [-0.1, -0.05) is 12.1 Å². The first-order chi connectivity index (χ1) is 10.7. The molecule has 2 aromatic rings. The summed E-state index contributed by atoms with van der Waals surface area (Å²) in [6.07, 6.45) is -4.72. The van der Waals surface area contributed by atoms with E-state index >= 15 is 0 Å². The molecule has 0 bridgehead atoms. The standard InChI is InChI=1S/C14H16F3N3O2S/c1-9(23(21)8-13-19-18-10(2)20(13)3)11-4-6-12(7-5-11)22-14(15,16)17/h4-7,9H,8H2,1-3H3/t9-,23-/m0/s1. The number of halogens is 3. The van der Waals surface area contributed by atoms with E-state index in [0.717, 1.165) is 5.82 Å². The highest BCUT2D eigenvalue weighted by Crippen LogP contribution is 2.27. The molecule has 126 valence electrons. The average molecular weight is 347 g/mol. The normalized spacial score (nSPS) is 14.5. The van der Waals surface area contributed by atoms with E-state index in [1.54, 1.807) is 25.5 Å². The van der Waals surface area contributed by atoms with Crippen molar-refractivity contribution in [1.82, 2.24) is 14.8 Å². The first kappa shape index (κ1) is 17.5. The molecule has 0 radical (unpaired) electrons. The minimum absolute atomic E-state index is 0.222. The molecule has 9 heteroatoms. The number of rotatable bonds is 5. The maximum atomic E-state index is 12.4. The second kappa shape index (κ2) is 6.69. The molecule has 0 saturated carbocycles. The molecule has 1 aromatic heterocycles. The summed E-state index contributed by atoms with van der Waals surface area (Å²) in [5, 5.41) is 7.51. The largest absolute Gasteiger partial charge is 0.573 e. The second-order valence-electron chi connectivity index (χ2n) is 5.01. The zero-order valence-electron chi connectivity index (χ0n) is 12.8. The molecular weight excluding hydrogens is 331 g/mol. The van der Waals surface area contributed by atoms with Crippen molar-refractivity contribution in [3.63, 3.8) is 0 Å². The Bertz CT molecular complexity index is 698. The van der Waals surface area contributed by atoms with E-state index in [-0.39, 0.29) is 16.8 Å². The van der Waals surface area contributed by atoms with Crippen molar-refractivity contribution in [3.8, 4) is 5.75 Å². The third-order valence-corrected chi connectivity index (χ3v) is 5.04. The molecule has 5 nitrogen and oxygen atoms in total. The Morgan fingerprint density at radius 1 is 1.26 bits per heavy atom. The summed E-state index contributed by atoms with van der Waals surface area (Å²) < 4.78 is 54.3. The third-order valence-electron chi connectivity index (χ3n) is 3.43. The lowest BCUT2D eigenvalue weighted by Crippen LogP contribution is -2.17. The minimum atomic E-state index is -4.72. The number of hydrogen-bond acceptors (Lipinski definition) is 4. The number of aromatic nitrogens is 3. The molecule has 0 fully saturated rings. The summed E-state index contributed by atoms with van der Waals surface area (Å²) in [5.74, 6) is 1.24. The maximum Gasteiger partial charge on any atom is 0.573 e. The van der Waals surface area contributed by atoms with Gasteiger partial charge in [0.2, 0.25) is 0 Å². The van der Waals surface area contributed by atoms with Gasteiger partial charge in [0, 0.05) is 17.8 Å². The van der Waals surface area contributed by atoms with Crippen LogP contribution in [-0.2, 0) is 23.6 Å². The summed E-state index contributed by atoms with van der Waals surface area (Å²) in [7, 11) is 0.512. The summed E-state index contributed by atoms with van der Waals surface area (Å²) in [6.45, 7) is 3.54. The number of nitrogens with zero attached hydrogens (tertiary/aromatic N) is 3. The Labute approximate surface area is 133 Å². The first-order valence-corrected chi connectivity index (χ1v) is 8.13. The van der Waals surface area contributed by atoms with Crippen molar-refractivity contribution < 1.29 is 22.1 Å². The Balaban J connectivity index is 2.06. The van der Waals surface area contributed by atoms with Crippen molar-refractivity contribution in [2.24, 2.45) is 7.05 Å². The van der Waals surface area contributed by atoms with Crippen LogP contribution in [0.3, 0.4) is 0 Å². The predicted molar refractivity (Wildman–Crippen MR) is 79.1 cm³/mol. The molecule has 0 aliphatic heterocycles. The van der Waals surface area contributed by atoms with Crippen molar-refractivity contribution in [2.45, 2.75) is 31.2 Å². The molecule has 1 aromatic carbocycles. The molecule has 2 atom stereocenters. The van der Waals surface area contributed by atoms with Crippen LogP contribution in [0.1, 0.15) is 29.4 Å². The van der Waals surface area contributed by atoms with Gasteiger partial charge in [-0.3, -0.25) is 4.21 Å². The molecule has 23 heavy (non-hydrogen) atoms. The highest BCUT2D eigenvalue weighted by molar-refractivity contribution is 7.84. The highest BCUT2D eigenvalue weighted by atomic mass is 32.2. The van der Waals surface area contributed by atoms with Crippen LogP contribution in [0.2, 0.25) is 0 Å². The molecule has 2 rings (SSSR count). The minimum Gasteiger partial charge on any atom is -0.406 e. The predicted octanol–water partition coefficient (Wildman–Crippen LogP) is 3.03. The molecule has 0 spiro atoms. The van der Waals surface area contributed by atoms with Crippen molar-refractivity contribution in [2.75, 3.05) is 0 Å². The molecule has 0 aliphatic rings. The zero-order valence-corrected chi connectivity index (χ0v) is 13.6. The number of aryl methyl sites for hydroxylation is 1. The van der Waals surface area contributed by atoms with Gasteiger partial charge in [-0.05, 0) is 31.5 Å². The fourth-order valence-electron chi connectivity index (χ4n) is 1.92. The van der Waals surface area contributed by atoms with Gasteiger partial charge in [-0.15, -0.1) is 23.4 Å². The monoisotopic (exact) mass is 347 g/mol. The zero-order chi connectivity index (χ0) is 17.2. The van der Waals surface area contributed by atoms with Crippen LogP contribution >= 0.6 is 0 Å². The second-order valence-corrected chi connectivity index (χ2v) is 6.76. The SMILES string of the molecule is Cc1nnc(C[S@](=O)[C@@H](C)c2ccc(OC(F)(F)F)cc2)n1C. The maximum absolute atomic E-state index is 12.4. The highest BCUT2D eigenvalue weighted by Gasteiger charge is 2.31. The number of ether oxygens (including phenoxy) is 1. The van der Waals surface area contributed by atoms with E-state index in [1.165, 1.54) is 24.3 Å². The van der Waals surface area contributed by atoms with Crippen molar-refractivity contribution in [1.29, 1.82) is 0 Å². The number of hydrogen-bond donors (Lipinski definition) is 0. The molecule has 1 heterocycles. The Morgan fingerprint density at radius 2 is 1.87 bits per heavy atom. The fourth-order valence-corrected chi connectivity index (χ4v) is 3.14. The Morgan fingerprint density at radius 3 is 2.35 bits per heavy atom. The van der Waals surface area contributed by atoms with E-state index in [2.05, 4.69) is 14.9 Å². The quantitative estimate of drug-likeness (QED) is 0.834. The van der Waals surface area contributed by atoms with E-state index in [0.29, 0.717) is 11.4 Å². The van der Waals surface area contributed by atoms with Crippen molar-refractivity contribution in [3.05, 3.63) is 41.5 Å². The van der Waals surface area contributed by atoms with Crippen LogP contribution in [0, 0.1) is 6.92 Å². The third kappa shape index (κ3) is 4.54. The molecule has 0 unspecified atom stereocenters. The van der Waals surface area contributed by atoms with E-state index < -0.39 is 17.2 Å². The first-order valence-electron chi connectivity index (χ1n) is 6.75. The summed E-state index contributed by atoms with van der Waals surface area (Å²) in [6, 6.07) is 5.38. The smallest absolute Gasteiger partial charge is 0.406 e. The molecular formula is C14H16F3N3O2S. The lowest BCUT2D eigenvalue weighted by molar-refractivity contribution is -0.274. The van der Waals surface area contributed by atoms with Crippen LogP contribution < -0.4 is 4.74 Å². The molecule has 0 N–H and O–H groups in total. The van der Waals surface area contributed by atoms with Crippen LogP contribution in [0.4, 0.5) is 13.2 Å². The van der Waals surface area contributed by atoms with E-state index in [9.17, 15) is 17.4 Å². The lowest BCUT2D eigenvalue weighted by Gasteiger charge is -2.13. The summed E-state index contributed by atoms with van der Waals surface area (Å²) in [5.41, 5.74) is 0.664. The van der Waals surface area contributed by atoms with Crippen molar-refractivity contribution >= 4 is 10.8 Å². The van der Waals surface area contributed by atoms with Gasteiger partial charge in [-0.2, -0.15) is 0 Å². The van der Waals surface area contributed by atoms with Gasteiger partial charge < -0.3 is 9.30 Å². The van der Waals surface area contributed by atoms with Gasteiger partial charge in [0.1, 0.15) is 17.4 Å². The van der Waals surface area contributed by atoms with Crippen LogP contribution in [0.25, 0.3) is 0 Å². The van der Waals surface area contributed by atoms with Gasteiger partial charge in [-0.25, -0.2) is 0 Å².